The van der Waals surface area contributed by atoms with Crippen LogP contribution in [0.15, 0.2) is 48.1 Å². The van der Waals surface area contributed by atoms with Crippen LogP contribution in [0.5, 0.6) is 0 Å². The van der Waals surface area contributed by atoms with Crippen molar-refractivity contribution in [3.05, 3.63) is 69.1 Å². The summed E-state index contributed by atoms with van der Waals surface area (Å²) >= 11 is 1.40. The van der Waals surface area contributed by atoms with Gasteiger partial charge in [-0.15, -0.1) is 0 Å². The molecular weight excluding hydrogens is 363 g/mol. The largest absolute Gasteiger partial charge is 0.416 e. The van der Waals surface area contributed by atoms with Gasteiger partial charge in [0.1, 0.15) is 0 Å². The normalized spacial score (nSPS) is 15.0. The second kappa shape index (κ2) is 6.14. The van der Waals surface area contributed by atoms with Gasteiger partial charge >= 0.3 is 6.18 Å². The monoisotopic (exact) mass is 375 g/mol. The summed E-state index contributed by atoms with van der Waals surface area (Å²) in [5, 5.41) is 1.42. The zero-order valence-electron chi connectivity index (χ0n) is 13.2. The summed E-state index contributed by atoms with van der Waals surface area (Å²) in [6.45, 7) is 0. The number of thiazole rings is 1. The molecule has 2 aromatic rings. The van der Waals surface area contributed by atoms with Crippen LogP contribution >= 0.6 is 11.3 Å². The Morgan fingerprint density at radius 1 is 1.19 bits per heavy atom. The van der Waals surface area contributed by atoms with Crippen molar-refractivity contribution in [3.63, 3.8) is 0 Å². The number of allylic oxidation sites excluding steroid dienone is 4. The molecule has 1 aromatic carbocycles. The number of carbonyl (C=O) groups excluding carboxylic acids is 1. The van der Waals surface area contributed by atoms with Gasteiger partial charge in [0.05, 0.1) is 15.4 Å². The van der Waals surface area contributed by atoms with Crippen LogP contribution in [0.4, 0.5) is 18.3 Å². The van der Waals surface area contributed by atoms with Crippen LogP contribution < -0.4 is 20.7 Å². The summed E-state index contributed by atoms with van der Waals surface area (Å²) in [5.74, 6) is -0.535. The molecule has 2 aliphatic carbocycles. The molecule has 26 heavy (non-hydrogen) atoms. The van der Waals surface area contributed by atoms with Crippen molar-refractivity contribution in [3.8, 4) is 0 Å². The smallest absolute Gasteiger partial charge is 0.273 e. The molecule has 1 heterocycles. The molecule has 0 saturated carbocycles. The van der Waals surface area contributed by atoms with E-state index in [1.54, 1.807) is 0 Å². The van der Waals surface area contributed by atoms with Gasteiger partial charge in [0.15, 0.2) is 0 Å². The average molecular weight is 375 g/mol. The Bertz CT molecular complexity index is 1060. The number of anilines is 1. The molecule has 0 fully saturated rings. The number of rotatable bonds is 3. The predicted molar refractivity (Wildman–Crippen MR) is 93.6 cm³/mol. The molecule has 0 atom stereocenters. The van der Waals surface area contributed by atoms with E-state index in [0.717, 1.165) is 51.7 Å². The molecule has 1 aromatic heterocycles. The van der Waals surface area contributed by atoms with Crippen LogP contribution in [0.1, 0.15) is 22.3 Å². The number of aromatic nitrogens is 1. The predicted octanol–water partition coefficient (Wildman–Crippen LogP) is 2.75. The zero-order chi connectivity index (χ0) is 18.3. The minimum Gasteiger partial charge on any atom is -0.273 e. The van der Waals surface area contributed by atoms with E-state index in [1.807, 2.05) is 12.2 Å². The van der Waals surface area contributed by atoms with E-state index >= 15 is 0 Å². The summed E-state index contributed by atoms with van der Waals surface area (Å²) < 4.78 is 38.7. The van der Waals surface area contributed by atoms with Gasteiger partial charge in [-0.3, -0.25) is 15.6 Å². The van der Waals surface area contributed by atoms with Crippen LogP contribution in [0.2, 0.25) is 0 Å². The Hall–Kier alpha value is -2.87. The molecule has 0 radical (unpaired) electrons. The standard InChI is InChI=1S/C18H12F3N3OS/c19-18(20,21)12-7-5-10(6-8-12)16(25)23-24-17-22-15-13-4-2-1-3-11(13)9-14(15)26-17/h1-3,5-9H,4H2,(H,22,24)(H,23,25). The fraction of sp³-hybridized carbons (Fsp3) is 0.111. The van der Waals surface area contributed by atoms with Crippen LogP contribution in [-0.4, -0.2) is 10.9 Å². The molecule has 0 aliphatic heterocycles. The van der Waals surface area contributed by atoms with E-state index in [9.17, 15) is 18.0 Å². The maximum Gasteiger partial charge on any atom is 0.416 e. The molecule has 4 rings (SSSR count). The molecule has 2 N–H and O–H groups in total. The van der Waals surface area contributed by atoms with Crippen molar-refractivity contribution < 1.29 is 18.0 Å². The van der Waals surface area contributed by atoms with E-state index in [1.165, 1.54) is 11.3 Å². The lowest BCUT2D eigenvalue weighted by atomic mass is 10.0. The maximum absolute atomic E-state index is 12.6. The number of halogens is 3. The maximum atomic E-state index is 12.6. The average Bonchev–Trinajstić information content (AvgIpc) is 3.16. The fourth-order valence-electron chi connectivity index (χ4n) is 2.78. The Labute approximate surface area is 150 Å². The highest BCUT2D eigenvalue weighted by atomic mass is 32.1. The number of amides is 1. The van der Waals surface area contributed by atoms with E-state index in [2.05, 4.69) is 28.0 Å². The van der Waals surface area contributed by atoms with Crippen molar-refractivity contribution in [1.82, 2.24) is 10.4 Å². The number of hydrogen-bond acceptors (Lipinski definition) is 4. The molecule has 0 spiro atoms. The molecule has 8 heteroatoms. The van der Waals surface area contributed by atoms with Gasteiger partial charge in [0.25, 0.3) is 5.91 Å². The highest BCUT2D eigenvalue weighted by Crippen LogP contribution is 2.29. The lowest BCUT2D eigenvalue weighted by molar-refractivity contribution is -0.137. The molecule has 2 aliphatic rings. The molecule has 0 saturated heterocycles. The first-order valence-corrected chi connectivity index (χ1v) is 8.56. The minimum atomic E-state index is -4.43. The second-order valence-corrected chi connectivity index (χ2v) is 6.79. The highest BCUT2D eigenvalue weighted by Gasteiger charge is 2.30. The third-order valence-corrected chi connectivity index (χ3v) is 4.98. The summed E-state index contributed by atoms with van der Waals surface area (Å²) in [7, 11) is 0. The molecule has 132 valence electrons. The zero-order valence-corrected chi connectivity index (χ0v) is 14.0. The first-order valence-electron chi connectivity index (χ1n) is 7.74. The lowest BCUT2D eigenvalue weighted by Crippen LogP contribution is -2.29. The van der Waals surface area contributed by atoms with Crippen molar-refractivity contribution in [2.45, 2.75) is 12.6 Å². The molecule has 0 bridgehead atoms. The molecule has 4 nitrogen and oxygen atoms in total. The topological polar surface area (TPSA) is 54.0 Å². The lowest BCUT2D eigenvalue weighted by Gasteiger charge is -2.08. The quantitative estimate of drug-likeness (QED) is 0.812. The number of nitrogens with zero attached hydrogens (tertiary/aromatic N) is 1. The summed E-state index contributed by atoms with van der Waals surface area (Å²) in [6.07, 6.45) is 4.54. The van der Waals surface area contributed by atoms with Crippen LogP contribution in [-0.2, 0) is 6.18 Å². The third kappa shape index (κ3) is 3.03. The highest BCUT2D eigenvalue weighted by molar-refractivity contribution is 7.13. The van der Waals surface area contributed by atoms with Gasteiger partial charge in [-0.05, 0) is 47.9 Å². The number of fused-ring (bicyclic) bond motifs is 2. The Morgan fingerprint density at radius 3 is 2.69 bits per heavy atom. The van der Waals surface area contributed by atoms with E-state index < -0.39 is 17.6 Å². The number of benzene rings is 1. The number of alkyl halides is 3. The van der Waals surface area contributed by atoms with Gasteiger partial charge in [-0.2, -0.15) is 13.2 Å². The molecule has 0 unspecified atom stereocenters. The molecular formula is C18H12F3N3OS. The third-order valence-electron chi connectivity index (χ3n) is 4.07. The summed E-state index contributed by atoms with van der Waals surface area (Å²) in [6, 6.07) is 4.03. The van der Waals surface area contributed by atoms with Gasteiger partial charge in [-0.1, -0.05) is 29.6 Å². The first kappa shape index (κ1) is 16.6. The first-order chi connectivity index (χ1) is 12.4. The summed E-state index contributed by atoms with van der Waals surface area (Å²) in [5.41, 5.74) is 6.82. The van der Waals surface area contributed by atoms with Crippen molar-refractivity contribution >= 4 is 34.0 Å². The van der Waals surface area contributed by atoms with E-state index in [4.69, 9.17) is 0 Å². The van der Waals surface area contributed by atoms with E-state index in [-0.39, 0.29) is 5.56 Å². The fourth-order valence-corrected chi connectivity index (χ4v) is 3.68. The number of carbonyl (C=O) groups is 1. The Morgan fingerprint density at radius 2 is 1.96 bits per heavy atom. The molecule has 1 amide bonds. The minimum absolute atomic E-state index is 0.123. The number of hydrogen-bond donors (Lipinski definition) is 2. The van der Waals surface area contributed by atoms with Gasteiger partial charge < -0.3 is 0 Å². The second-order valence-electron chi connectivity index (χ2n) is 5.76. The van der Waals surface area contributed by atoms with Crippen molar-refractivity contribution in [2.24, 2.45) is 0 Å². The van der Waals surface area contributed by atoms with Gasteiger partial charge in [0, 0.05) is 5.56 Å². The number of nitrogens with one attached hydrogen (secondary N) is 2. The van der Waals surface area contributed by atoms with Crippen molar-refractivity contribution in [1.29, 1.82) is 0 Å². The SMILES string of the molecule is O=C(NNc1nc2c(s1)=CC1=CC=CCC=21)c1ccc(C(F)(F)F)cc1. The number of hydrazine groups is 1. The van der Waals surface area contributed by atoms with E-state index in [0.29, 0.717) is 5.13 Å². The van der Waals surface area contributed by atoms with Crippen LogP contribution in [0.25, 0.3) is 11.6 Å². The Kier molecular flexibility index (Phi) is 3.91. The van der Waals surface area contributed by atoms with Gasteiger partial charge in [0.2, 0.25) is 5.13 Å². The summed E-state index contributed by atoms with van der Waals surface area (Å²) in [4.78, 5) is 16.6. The van der Waals surface area contributed by atoms with Crippen LogP contribution in [0, 0.1) is 0 Å². The van der Waals surface area contributed by atoms with Crippen LogP contribution in [0.3, 0.4) is 0 Å². The van der Waals surface area contributed by atoms with Crippen molar-refractivity contribution in [2.75, 3.05) is 5.43 Å². The Balaban J connectivity index is 1.46. The van der Waals surface area contributed by atoms with Gasteiger partial charge in [-0.25, -0.2) is 4.98 Å².